The minimum atomic E-state index is -0.0742. The summed E-state index contributed by atoms with van der Waals surface area (Å²) in [7, 11) is 4.10. The molecule has 0 aliphatic carbocycles. The second kappa shape index (κ2) is 5.22. The number of benzene rings is 1. The molecule has 2 aromatic rings. The molecule has 106 valence electrons. The van der Waals surface area contributed by atoms with Crippen molar-refractivity contribution in [2.24, 2.45) is 0 Å². The van der Waals surface area contributed by atoms with E-state index in [1.165, 1.54) is 0 Å². The van der Waals surface area contributed by atoms with Crippen LogP contribution in [0.25, 0.3) is 11.0 Å². The summed E-state index contributed by atoms with van der Waals surface area (Å²) in [6.45, 7) is 2.81. The van der Waals surface area contributed by atoms with Crippen LogP contribution < -0.4 is 5.32 Å². The number of carbonyl (C=O) groups is 1. The van der Waals surface area contributed by atoms with Crippen LogP contribution in [-0.2, 0) is 0 Å². The average Bonchev–Trinajstić information content (AvgIpc) is 2.91. The van der Waals surface area contributed by atoms with E-state index in [4.69, 9.17) is 0 Å². The molecule has 1 amide bonds. The molecule has 3 rings (SSSR count). The van der Waals surface area contributed by atoms with Gasteiger partial charge in [-0.25, -0.2) is 4.98 Å². The molecule has 1 fully saturated rings. The monoisotopic (exact) mass is 273 g/mol. The van der Waals surface area contributed by atoms with Gasteiger partial charge in [0.2, 0.25) is 0 Å². The number of aromatic nitrogens is 2. The number of hydrogen-bond acceptors (Lipinski definition) is 4. The van der Waals surface area contributed by atoms with E-state index < -0.39 is 0 Å². The number of nitrogens with zero attached hydrogens (tertiary/aromatic N) is 3. The van der Waals surface area contributed by atoms with Crippen LogP contribution in [0.1, 0.15) is 10.4 Å². The normalized spacial score (nSPS) is 21.2. The van der Waals surface area contributed by atoms with E-state index in [9.17, 15) is 4.79 Å². The molecule has 1 aromatic carbocycles. The second-order valence-electron chi connectivity index (χ2n) is 5.34. The van der Waals surface area contributed by atoms with Crippen LogP contribution in [0, 0.1) is 0 Å². The molecule has 2 heterocycles. The smallest absolute Gasteiger partial charge is 0.254 e. The van der Waals surface area contributed by atoms with Crippen LogP contribution >= 0.6 is 0 Å². The number of hydrogen-bond donors (Lipinski definition) is 2. The molecule has 1 unspecified atom stereocenters. The lowest BCUT2D eigenvalue weighted by Crippen LogP contribution is -2.57. The SMILES string of the molecule is CN1CCN(C)C(NC(=O)c2cccc3[nH]cnc23)C1. The second-order valence-corrected chi connectivity index (χ2v) is 5.34. The summed E-state index contributed by atoms with van der Waals surface area (Å²) in [6.07, 6.45) is 1.65. The predicted octanol–water partition coefficient (Wildman–Crippen LogP) is 0.496. The average molecular weight is 273 g/mol. The van der Waals surface area contributed by atoms with Crippen molar-refractivity contribution in [1.82, 2.24) is 25.1 Å². The Kier molecular flexibility index (Phi) is 3.42. The first-order valence-corrected chi connectivity index (χ1v) is 6.77. The van der Waals surface area contributed by atoms with E-state index in [2.05, 4.69) is 32.1 Å². The number of H-pyrrole nitrogens is 1. The Morgan fingerprint density at radius 2 is 2.25 bits per heavy atom. The predicted molar refractivity (Wildman–Crippen MR) is 77.5 cm³/mol. The first-order chi connectivity index (χ1) is 9.65. The summed E-state index contributed by atoms with van der Waals surface area (Å²) in [5.41, 5.74) is 2.22. The molecular formula is C14H19N5O. The summed E-state index contributed by atoms with van der Waals surface area (Å²) in [6, 6.07) is 5.59. The van der Waals surface area contributed by atoms with Crippen molar-refractivity contribution in [2.75, 3.05) is 33.7 Å². The number of amides is 1. The summed E-state index contributed by atoms with van der Waals surface area (Å²) in [4.78, 5) is 24.1. The van der Waals surface area contributed by atoms with Gasteiger partial charge in [-0.15, -0.1) is 0 Å². The van der Waals surface area contributed by atoms with Crippen molar-refractivity contribution < 1.29 is 4.79 Å². The topological polar surface area (TPSA) is 64.3 Å². The molecule has 0 spiro atoms. The highest BCUT2D eigenvalue weighted by atomic mass is 16.1. The fourth-order valence-electron chi connectivity index (χ4n) is 2.54. The van der Waals surface area contributed by atoms with Gasteiger partial charge in [0.25, 0.3) is 5.91 Å². The van der Waals surface area contributed by atoms with Crippen LogP contribution in [0.3, 0.4) is 0 Å². The Morgan fingerprint density at radius 3 is 3.10 bits per heavy atom. The van der Waals surface area contributed by atoms with Crippen molar-refractivity contribution in [2.45, 2.75) is 6.17 Å². The quantitative estimate of drug-likeness (QED) is 0.836. The molecule has 0 radical (unpaired) electrons. The van der Waals surface area contributed by atoms with Gasteiger partial charge in [-0.05, 0) is 26.2 Å². The van der Waals surface area contributed by atoms with Crippen LogP contribution in [0.15, 0.2) is 24.5 Å². The summed E-state index contributed by atoms with van der Waals surface area (Å²) < 4.78 is 0. The number of piperazine rings is 1. The molecule has 2 N–H and O–H groups in total. The van der Waals surface area contributed by atoms with Crippen molar-refractivity contribution in [3.63, 3.8) is 0 Å². The number of aromatic amines is 1. The third kappa shape index (κ3) is 2.39. The van der Waals surface area contributed by atoms with Gasteiger partial charge >= 0.3 is 0 Å². The van der Waals surface area contributed by atoms with E-state index in [-0.39, 0.29) is 12.1 Å². The largest absolute Gasteiger partial charge is 0.345 e. The summed E-state index contributed by atoms with van der Waals surface area (Å²) in [5.74, 6) is -0.0742. The maximum atomic E-state index is 12.5. The Hall–Kier alpha value is -1.92. The maximum Gasteiger partial charge on any atom is 0.254 e. The molecule has 6 nitrogen and oxygen atoms in total. The number of carbonyl (C=O) groups excluding carboxylic acids is 1. The van der Waals surface area contributed by atoms with Crippen LogP contribution in [0.5, 0.6) is 0 Å². The highest BCUT2D eigenvalue weighted by Crippen LogP contribution is 2.15. The van der Waals surface area contributed by atoms with Gasteiger partial charge in [0.1, 0.15) is 5.52 Å². The van der Waals surface area contributed by atoms with Gasteiger partial charge in [-0.1, -0.05) is 6.07 Å². The number of nitrogens with one attached hydrogen (secondary N) is 2. The Labute approximate surface area is 117 Å². The van der Waals surface area contributed by atoms with Gasteiger partial charge in [-0.3, -0.25) is 9.69 Å². The highest BCUT2D eigenvalue weighted by molar-refractivity contribution is 6.04. The minimum absolute atomic E-state index is 0.0375. The van der Waals surface area contributed by atoms with Crippen molar-refractivity contribution in [1.29, 1.82) is 0 Å². The number of fused-ring (bicyclic) bond motifs is 1. The molecule has 1 aliphatic rings. The van der Waals surface area contributed by atoms with Crippen molar-refractivity contribution in [3.05, 3.63) is 30.1 Å². The zero-order valence-corrected chi connectivity index (χ0v) is 11.8. The maximum absolute atomic E-state index is 12.5. The molecule has 1 saturated heterocycles. The summed E-state index contributed by atoms with van der Waals surface area (Å²) >= 11 is 0. The lowest BCUT2D eigenvalue weighted by Gasteiger charge is -2.37. The van der Waals surface area contributed by atoms with Gasteiger partial charge in [0.05, 0.1) is 23.6 Å². The van der Waals surface area contributed by atoms with E-state index in [1.807, 2.05) is 25.2 Å². The zero-order chi connectivity index (χ0) is 14.1. The Morgan fingerprint density at radius 1 is 1.40 bits per heavy atom. The van der Waals surface area contributed by atoms with Gasteiger partial charge in [-0.2, -0.15) is 0 Å². The van der Waals surface area contributed by atoms with Gasteiger partial charge in [0.15, 0.2) is 0 Å². The van der Waals surface area contributed by atoms with Crippen molar-refractivity contribution in [3.8, 4) is 0 Å². The molecule has 6 heteroatoms. The Bertz CT molecular complexity index is 623. The van der Waals surface area contributed by atoms with E-state index in [0.717, 1.165) is 30.7 Å². The third-order valence-electron chi connectivity index (χ3n) is 3.84. The number of para-hydroxylation sites is 1. The van der Waals surface area contributed by atoms with Crippen LogP contribution in [-0.4, -0.2) is 65.6 Å². The molecule has 0 bridgehead atoms. The van der Waals surface area contributed by atoms with Crippen molar-refractivity contribution >= 4 is 16.9 Å². The molecule has 1 aliphatic heterocycles. The fourth-order valence-corrected chi connectivity index (χ4v) is 2.54. The van der Waals surface area contributed by atoms with Gasteiger partial charge < -0.3 is 15.2 Å². The van der Waals surface area contributed by atoms with Crippen LogP contribution in [0.2, 0.25) is 0 Å². The fraction of sp³-hybridized carbons (Fsp3) is 0.429. The van der Waals surface area contributed by atoms with Gasteiger partial charge in [0, 0.05) is 19.6 Å². The lowest BCUT2D eigenvalue weighted by molar-refractivity contribution is 0.0697. The zero-order valence-electron chi connectivity index (χ0n) is 11.8. The number of rotatable bonds is 2. The molecule has 1 aromatic heterocycles. The summed E-state index contributed by atoms with van der Waals surface area (Å²) in [5, 5.41) is 3.09. The van der Waals surface area contributed by atoms with E-state index in [0.29, 0.717) is 5.56 Å². The highest BCUT2D eigenvalue weighted by Gasteiger charge is 2.24. The number of likely N-dealkylation sites (N-methyl/N-ethyl adjacent to an activating group) is 2. The Balaban J connectivity index is 1.80. The lowest BCUT2D eigenvalue weighted by atomic mass is 10.1. The molecule has 1 atom stereocenters. The minimum Gasteiger partial charge on any atom is -0.345 e. The first kappa shape index (κ1) is 13.1. The van der Waals surface area contributed by atoms with E-state index >= 15 is 0 Å². The third-order valence-corrected chi connectivity index (χ3v) is 3.84. The van der Waals surface area contributed by atoms with Crippen LogP contribution in [0.4, 0.5) is 0 Å². The standard InChI is InChI=1S/C14H19N5O/c1-18-6-7-19(2)12(8-18)17-14(20)10-4-3-5-11-13(10)16-9-15-11/h3-5,9,12H,6-8H2,1-2H3,(H,15,16)(H,17,20). The molecular weight excluding hydrogens is 254 g/mol. The number of imidazole rings is 1. The molecule has 20 heavy (non-hydrogen) atoms. The van der Waals surface area contributed by atoms with E-state index in [1.54, 1.807) is 6.33 Å². The first-order valence-electron chi connectivity index (χ1n) is 6.77. The molecule has 0 saturated carbocycles.